The Morgan fingerprint density at radius 3 is 2.71 bits per heavy atom. The second-order valence-corrected chi connectivity index (χ2v) is 5.01. The molecule has 24 heavy (non-hydrogen) atoms. The SMILES string of the molecule is N#Cc1ccc(OCCOC(=O)Cc2noc3ccccc23)cc1. The van der Waals surface area contributed by atoms with Crippen molar-refractivity contribution < 1.29 is 18.8 Å². The molecule has 1 aromatic heterocycles. The van der Waals surface area contributed by atoms with Crippen molar-refractivity contribution in [3.05, 3.63) is 59.8 Å². The lowest BCUT2D eigenvalue weighted by Gasteiger charge is -2.07. The van der Waals surface area contributed by atoms with Crippen molar-refractivity contribution in [1.29, 1.82) is 5.26 Å². The van der Waals surface area contributed by atoms with Gasteiger partial charge in [0.2, 0.25) is 0 Å². The van der Waals surface area contributed by atoms with Crippen molar-refractivity contribution in [2.75, 3.05) is 13.2 Å². The highest BCUT2D eigenvalue weighted by Crippen LogP contribution is 2.18. The molecule has 0 atom stereocenters. The first-order valence-electron chi connectivity index (χ1n) is 7.38. The first-order valence-corrected chi connectivity index (χ1v) is 7.38. The van der Waals surface area contributed by atoms with Crippen LogP contribution in [-0.4, -0.2) is 24.3 Å². The van der Waals surface area contributed by atoms with Crippen molar-refractivity contribution in [2.45, 2.75) is 6.42 Å². The normalized spacial score (nSPS) is 10.3. The van der Waals surface area contributed by atoms with Gasteiger partial charge in [-0.3, -0.25) is 4.79 Å². The minimum Gasteiger partial charge on any atom is -0.490 e. The Bertz CT molecular complexity index is 878. The van der Waals surface area contributed by atoms with Gasteiger partial charge in [-0.05, 0) is 36.4 Å². The van der Waals surface area contributed by atoms with E-state index >= 15 is 0 Å². The highest BCUT2D eigenvalue weighted by Gasteiger charge is 2.12. The van der Waals surface area contributed by atoms with Gasteiger partial charge in [0.25, 0.3) is 0 Å². The molecule has 6 heteroatoms. The third kappa shape index (κ3) is 3.70. The molecule has 120 valence electrons. The molecule has 3 aromatic rings. The Balaban J connectivity index is 1.45. The summed E-state index contributed by atoms with van der Waals surface area (Å²) in [5, 5.41) is 13.4. The van der Waals surface area contributed by atoms with Crippen LogP contribution in [0.4, 0.5) is 0 Å². The Morgan fingerprint density at radius 2 is 1.92 bits per heavy atom. The van der Waals surface area contributed by atoms with Crippen LogP contribution in [0.5, 0.6) is 5.75 Å². The van der Waals surface area contributed by atoms with Crippen LogP contribution in [0.3, 0.4) is 0 Å². The quantitative estimate of drug-likeness (QED) is 0.512. The zero-order valence-electron chi connectivity index (χ0n) is 12.8. The molecule has 1 heterocycles. The molecule has 6 nitrogen and oxygen atoms in total. The number of hydrogen-bond donors (Lipinski definition) is 0. The molecule has 0 fully saturated rings. The molecule has 0 N–H and O–H groups in total. The largest absolute Gasteiger partial charge is 0.490 e. The van der Waals surface area contributed by atoms with E-state index in [4.69, 9.17) is 19.3 Å². The molecule has 0 radical (unpaired) electrons. The van der Waals surface area contributed by atoms with Crippen LogP contribution >= 0.6 is 0 Å². The number of nitrogens with zero attached hydrogens (tertiary/aromatic N) is 2. The van der Waals surface area contributed by atoms with Gasteiger partial charge >= 0.3 is 5.97 Å². The molecule has 0 aliphatic rings. The van der Waals surface area contributed by atoms with E-state index in [0.29, 0.717) is 22.6 Å². The maximum atomic E-state index is 11.9. The molecule has 0 unspecified atom stereocenters. The monoisotopic (exact) mass is 322 g/mol. The molecule has 3 rings (SSSR count). The molecule has 0 bridgehead atoms. The summed E-state index contributed by atoms with van der Waals surface area (Å²) in [5.41, 5.74) is 1.77. The van der Waals surface area contributed by atoms with Crippen LogP contribution in [0.25, 0.3) is 11.0 Å². The van der Waals surface area contributed by atoms with Gasteiger partial charge in [0.05, 0.1) is 18.1 Å². The van der Waals surface area contributed by atoms with Crippen molar-refractivity contribution in [3.8, 4) is 11.8 Å². The summed E-state index contributed by atoms with van der Waals surface area (Å²) < 4.78 is 15.7. The topological polar surface area (TPSA) is 85.4 Å². The van der Waals surface area contributed by atoms with Crippen molar-refractivity contribution in [3.63, 3.8) is 0 Å². The third-order valence-electron chi connectivity index (χ3n) is 3.36. The lowest BCUT2D eigenvalue weighted by molar-refractivity contribution is -0.143. The van der Waals surface area contributed by atoms with E-state index < -0.39 is 5.97 Å². The maximum absolute atomic E-state index is 11.9. The third-order valence-corrected chi connectivity index (χ3v) is 3.36. The van der Waals surface area contributed by atoms with Crippen molar-refractivity contribution in [1.82, 2.24) is 5.16 Å². The minimum atomic E-state index is -0.391. The average Bonchev–Trinajstić information content (AvgIpc) is 3.02. The number of carbonyl (C=O) groups excluding carboxylic acids is 1. The van der Waals surface area contributed by atoms with Gasteiger partial charge in [-0.15, -0.1) is 0 Å². The second kappa shape index (κ2) is 7.29. The number of fused-ring (bicyclic) bond motifs is 1. The number of para-hydroxylation sites is 1. The summed E-state index contributed by atoms with van der Waals surface area (Å²) in [6.45, 7) is 0.367. The van der Waals surface area contributed by atoms with E-state index in [1.807, 2.05) is 24.3 Å². The number of carbonyl (C=O) groups is 1. The van der Waals surface area contributed by atoms with Gasteiger partial charge in [-0.1, -0.05) is 17.3 Å². The van der Waals surface area contributed by atoms with Gasteiger partial charge in [-0.2, -0.15) is 5.26 Å². The number of hydrogen-bond acceptors (Lipinski definition) is 6. The van der Waals surface area contributed by atoms with Gasteiger partial charge in [0.1, 0.15) is 24.7 Å². The molecule has 2 aromatic carbocycles. The molecule has 0 aliphatic heterocycles. The number of aromatic nitrogens is 1. The number of rotatable bonds is 6. The predicted molar refractivity (Wildman–Crippen MR) is 85.3 cm³/mol. The van der Waals surface area contributed by atoms with E-state index in [9.17, 15) is 4.79 Å². The number of esters is 1. The molecular weight excluding hydrogens is 308 g/mol. The Morgan fingerprint density at radius 1 is 1.12 bits per heavy atom. The summed E-state index contributed by atoms with van der Waals surface area (Å²) in [6.07, 6.45) is 0.0495. The van der Waals surface area contributed by atoms with Crippen LogP contribution in [-0.2, 0) is 16.0 Å². The van der Waals surface area contributed by atoms with Crippen molar-refractivity contribution >= 4 is 16.9 Å². The van der Waals surface area contributed by atoms with E-state index in [2.05, 4.69) is 5.16 Å². The number of nitriles is 1. The first kappa shape index (κ1) is 15.6. The average molecular weight is 322 g/mol. The minimum absolute atomic E-state index is 0.0495. The summed E-state index contributed by atoms with van der Waals surface area (Å²) in [6, 6.07) is 16.1. The van der Waals surface area contributed by atoms with Crippen LogP contribution in [0.15, 0.2) is 53.1 Å². The second-order valence-electron chi connectivity index (χ2n) is 5.01. The zero-order valence-corrected chi connectivity index (χ0v) is 12.8. The Labute approximate surface area is 138 Å². The van der Waals surface area contributed by atoms with Gasteiger partial charge in [0, 0.05) is 5.39 Å². The molecular formula is C18H14N2O4. The van der Waals surface area contributed by atoms with Crippen LogP contribution in [0.2, 0.25) is 0 Å². The molecule has 0 saturated carbocycles. The van der Waals surface area contributed by atoms with E-state index in [-0.39, 0.29) is 19.6 Å². The first-order chi connectivity index (χ1) is 11.8. The fourth-order valence-corrected chi connectivity index (χ4v) is 2.19. The predicted octanol–water partition coefficient (Wildman–Crippen LogP) is 2.86. The maximum Gasteiger partial charge on any atom is 0.312 e. The van der Waals surface area contributed by atoms with Crippen LogP contribution in [0.1, 0.15) is 11.3 Å². The van der Waals surface area contributed by atoms with Gasteiger partial charge in [0.15, 0.2) is 5.58 Å². The van der Waals surface area contributed by atoms with Crippen LogP contribution in [0, 0.1) is 11.3 Å². The summed E-state index contributed by atoms with van der Waals surface area (Å²) >= 11 is 0. The fourth-order valence-electron chi connectivity index (χ4n) is 2.19. The van der Waals surface area contributed by atoms with E-state index in [0.717, 1.165) is 5.39 Å². The van der Waals surface area contributed by atoms with Gasteiger partial charge < -0.3 is 14.0 Å². The molecule has 0 aliphatic carbocycles. The molecule has 0 saturated heterocycles. The van der Waals surface area contributed by atoms with Crippen molar-refractivity contribution in [2.24, 2.45) is 0 Å². The summed E-state index contributed by atoms with van der Waals surface area (Å²) in [5.74, 6) is 0.227. The lowest BCUT2D eigenvalue weighted by Crippen LogP contribution is -2.14. The summed E-state index contributed by atoms with van der Waals surface area (Å²) in [7, 11) is 0. The number of benzene rings is 2. The Kier molecular flexibility index (Phi) is 4.73. The van der Waals surface area contributed by atoms with Crippen LogP contribution < -0.4 is 4.74 Å². The number of ether oxygens (including phenoxy) is 2. The highest BCUT2D eigenvalue weighted by molar-refractivity contribution is 5.84. The van der Waals surface area contributed by atoms with E-state index in [1.165, 1.54) is 0 Å². The summed E-state index contributed by atoms with van der Waals surface area (Å²) in [4.78, 5) is 11.9. The lowest BCUT2D eigenvalue weighted by atomic mass is 10.2. The van der Waals surface area contributed by atoms with Gasteiger partial charge in [-0.25, -0.2) is 0 Å². The smallest absolute Gasteiger partial charge is 0.312 e. The zero-order chi connectivity index (χ0) is 16.8. The Hall–Kier alpha value is -3.33. The van der Waals surface area contributed by atoms with E-state index in [1.54, 1.807) is 30.3 Å². The standard InChI is InChI=1S/C18H14N2O4/c19-12-13-5-7-14(8-6-13)22-9-10-23-18(21)11-16-15-3-1-2-4-17(15)24-20-16/h1-8H,9-11H2. The molecule has 0 amide bonds. The molecule has 0 spiro atoms. The highest BCUT2D eigenvalue weighted by atomic mass is 16.6. The fraction of sp³-hybridized carbons (Fsp3) is 0.167.